The summed E-state index contributed by atoms with van der Waals surface area (Å²) in [5.41, 5.74) is 1.11. The molecule has 0 aliphatic carbocycles. The normalized spacial score (nSPS) is 17.4. The quantitative estimate of drug-likeness (QED) is 0.606. The lowest BCUT2D eigenvalue weighted by Crippen LogP contribution is -2.46. The van der Waals surface area contributed by atoms with Gasteiger partial charge in [0.05, 0.1) is 19.3 Å². The van der Waals surface area contributed by atoms with Gasteiger partial charge in [0.2, 0.25) is 0 Å². The van der Waals surface area contributed by atoms with Crippen molar-refractivity contribution in [3.63, 3.8) is 0 Å². The van der Waals surface area contributed by atoms with Gasteiger partial charge in [-0.15, -0.1) is 0 Å². The van der Waals surface area contributed by atoms with Crippen LogP contribution in [0.15, 0.2) is 29.3 Å². The highest BCUT2D eigenvalue weighted by atomic mass is 19.1. The number of ether oxygens (including phenoxy) is 1. The van der Waals surface area contributed by atoms with E-state index in [9.17, 15) is 4.39 Å². The highest BCUT2D eigenvalue weighted by molar-refractivity contribution is 5.79. The highest BCUT2D eigenvalue weighted by Gasteiger charge is 2.23. The van der Waals surface area contributed by atoms with Crippen LogP contribution in [0.2, 0.25) is 0 Å². The maximum atomic E-state index is 13.3. The van der Waals surface area contributed by atoms with Crippen molar-refractivity contribution < 1.29 is 9.13 Å². The summed E-state index contributed by atoms with van der Waals surface area (Å²) in [7, 11) is 3.87. The molecular weight excluding hydrogens is 319 g/mol. The second-order valence-corrected chi connectivity index (χ2v) is 6.42. The number of rotatable bonds is 7. The third-order valence-corrected chi connectivity index (χ3v) is 4.62. The number of benzene rings is 1. The fourth-order valence-electron chi connectivity index (χ4n) is 3.11. The third kappa shape index (κ3) is 5.97. The van der Waals surface area contributed by atoms with Crippen LogP contribution >= 0.6 is 0 Å². The van der Waals surface area contributed by atoms with Gasteiger partial charge in [-0.1, -0.05) is 25.5 Å². The van der Waals surface area contributed by atoms with Crippen LogP contribution in [0.3, 0.4) is 0 Å². The summed E-state index contributed by atoms with van der Waals surface area (Å²) in [5, 5.41) is 3.49. The fraction of sp³-hybridized carbons (Fsp3) is 0.632. The Labute approximate surface area is 150 Å². The zero-order valence-corrected chi connectivity index (χ0v) is 15.7. The lowest BCUT2D eigenvalue weighted by atomic mass is 10.0. The van der Waals surface area contributed by atoms with E-state index in [2.05, 4.69) is 34.1 Å². The zero-order valence-electron chi connectivity index (χ0n) is 15.7. The van der Waals surface area contributed by atoms with Gasteiger partial charge in [-0.3, -0.25) is 9.89 Å². The standard InChI is InChI=1S/C19H31FN4O/c1-4-5-10-23(3)19(21-2)22-15-18(24-11-13-25-14-12-24)16-6-8-17(20)9-7-16/h6-9,18H,4-5,10-15H2,1-3H3,(H,21,22). The van der Waals surface area contributed by atoms with Crippen LogP contribution in [-0.4, -0.2) is 69.2 Å². The number of nitrogens with zero attached hydrogens (tertiary/aromatic N) is 3. The molecule has 1 aliphatic heterocycles. The molecule has 140 valence electrons. The van der Waals surface area contributed by atoms with Crippen LogP contribution in [0.25, 0.3) is 0 Å². The molecule has 0 aromatic heterocycles. The van der Waals surface area contributed by atoms with Crippen LogP contribution in [0, 0.1) is 5.82 Å². The second-order valence-electron chi connectivity index (χ2n) is 6.42. The van der Waals surface area contributed by atoms with Gasteiger partial charge < -0.3 is 15.0 Å². The van der Waals surface area contributed by atoms with Gasteiger partial charge in [0, 0.05) is 40.3 Å². The van der Waals surface area contributed by atoms with Gasteiger partial charge in [0.15, 0.2) is 5.96 Å². The lowest BCUT2D eigenvalue weighted by Gasteiger charge is -2.35. The molecule has 1 fully saturated rings. The van der Waals surface area contributed by atoms with Crippen LogP contribution in [-0.2, 0) is 4.74 Å². The molecular formula is C19H31FN4O. The Morgan fingerprint density at radius 3 is 2.60 bits per heavy atom. The Bertz CT molecular complexity index is 529. The topological polar surface area (TPSA) is 40.1 Å². The van der Waals surface area contributed by atoms with E-state index in [0.717, 1.165) is 63.8 Å². The Morgan fingerprint density at radius 1 is 1.32 bits per heavy atom. The summed E-state index contributed by atoms with van der Waals surface area (Å²) in [5.74, 6) is 0.696. The van der Waals surface area contributed by atoms with Crippen LogP contribution in [0.1, 0.15) is 31.4 Å². The molecule has 1 aromatic rings. The van der Waals surface area contributed by atoms with Gasteiger partial charge in [-0.2, -0.15) is 0 Å². The van der Waals surface area contributed by atoms with Crippen LogP contribution in [0.4, 0.5) is 4.39 Å². The van der Waals surface area contributed by atoms with E-state index in [0.29, 0.717) is 0 Å². The molecule has 0 amide bonds. The smallest absolute Gasteiger partial charge is 0.193 e. The van der Waals surface area contributed by atoms with Gasteiger partial charge in [-0.25, -0.2) is 4.39 Å². The van der Waals surface area contributed by atoms with Crippen molar-refractivity contribution in [1.82, 2.24) is 15.1 Å². The highest BCUT2D eigenvalue weighted by Crippen LogP contribution is 2.21. The second kappa shape index (κ2) is 10.4. The minimum Gasteiger partial charge on any atom is -0.379 e. The first kappa shape index (κ1) is 19.7. The molecule has 1 N–H and O–H groups in total. The minimum absolute atomic E-state index is 0.167. The summed E-state index contributed by atoms with van der Waals surface area (Å²) in [6, 6.07) is 6.98. The number of halogens is 1. The molecule has 2 rings (SSSR count). The Morgan fingerprint density at radius 2 is 2.00 bits per heavy atom. The molecule has 5 nitrogen and oxygen atoms in total. The number of morpholine rings is 1. The maximum Gasteiger partial charge on any atom is 0.193 e. The largest absolute Gasteiger partial charge is 0.379 e. The molecule has 0 radical (unpaired) electrons. The van der Waals surface area contributed by atoms with E-state index in [1.165, 1.54) is 12.1 Å². The molecule has 0 bridgehead atoms. The van der Waals surface area contributed by atoms with E-state index in [4.69, 9.17) is 4.74 Å². The lowest BCUT2D eigenvalue weighted by molar-refractivity contribution is 0.0169. The summed E-state index contributed by atoms with van der Waals surface area (Å²) < 4.78 is 18.8. The molecule has 25 heavy (non-hydrogen) atoms. The SMILES string of the molecule is CCCCN(C)C(=NC)NCC(c1ccc(F)cc1)N1CCOCC1. The summed E-state index contributed by atoms with van der Waals surface area (Å²) in [6.45, 7) is 7.14. The first-order valence-electron chi connectivity index (χ1n) is 9.14. The van der Waals surface area contributed by atoms with Crippen LogP contribution in [0.5, 0.6) is 0 Å². The predicted octanol–water partition coefficient (Wildman–Crippen LogP) is 2.51. The van der Waals surface area contributed by atoms with E-state index >= 15 is 0 Å². The number of nitrogens with one attached hydrogen (secondary N) is 1. The van der Waals surface area contributed by atoms with Crippen molar-refractivity contribution in [3.05, 3.63) is 35.6 Å². The number of unbranched alkanes of at least 4 members (excludes halogenated alkanes) is 1. The summed E-state index contributed by atoms with van der Waals surface area (Å²) >= 11 is 0. The Balaban J connectivity index is 2.05. The molecule has 6 heteroatoms. The van der Waals surface area contributed by atoms with Crippen molar-refractivity contribution in [2.24, 2.45) is 4.99 Å². The molecule has 1 heterocycles. The molecule has 1 aliphatic rings. The monoisotopic (exact) mass is 350 g/mol. The van der Waals surface area contributed by atoms with Crippen LogP contribution < -0.4 is 5.32 Å². The zero-order chi connectivity index (χ0) is 18.1. The molecule has 1 unspecified atom stereocenters. The number of aliphatic imine (C=N–C) groups is 1. The van der Waals surface area contributed by atoms with Gasteiger partial charge in [-0.05, 0) is 24.1 Å². The van der Waals surface area contributed by atoms with E-state index in [-0.39, 0.29) is 11.9 Å². The predicted molar refractivity (Wildman–Crippen MR) is 100 cm³/mol. The molecule has 1 aromatic carbocycles. The van der Waals surface area contributed by atoms with Crippen molar-refractivity contribution >= 4 is 5.96 Å². The van der Waals surface area contributed by atoms with Crippen molar-refractivity contribution in [2.75, 3.05) is 53.5 Å². The molecule has 0 spiro atoms. The minimum atomic E-state index is -0.201. The van der Waals surface area contributed by atoms with E-state index in [1.807, 2.05) is 19.2 Å². The average Bonchev–Trinajstić information content (AvgIpc) is 2.65. The number of hydrogen-bond donors (Lipinski definition) is 1. The number of hydrogen-bond acceptors (Lipinski definition) is 3. The van der Waals surface area contributed by atoms with E-state index in [1.54, 1.807) is 0 Å². The van der Waals surface area contributed by atoms with Crippen molar-refractivity contribution in [1.29, 1.82) is 0 Å². The summed E-state index contributed by atoms with van der Waals surface area (Å²) in [4.78, 5) is 8.94. The van der Waals surface area contributed by atoms with Gasteiger partial charge in [0.1, 0.15) is 5.82 Å². The maximum absolute atomic E-state index is 13.3. The molecule has 1 atom stereocenters. The third-order valence-electron chi connectivity index (χ3n) is 4.62. The summed E-state index contributed by atoms with van der Waals surface area (Å²) in [6.07, 6.45) is 2.30. The number of guanidine groups is 1. The van der Waals surface area contributed by atoms with Gasteiger partial charge >= 0.3 is 0 Å². The van der Waals surface area contributed by atoms with Crippen molar-refractivity contribution in [3.8, 4) is 0 Å². The Hall–Kier alpha value is -1.66. The average molecular weight is 350 g/mol. The van der Waals surface area contributed by atoms with Gasteiger partial charge in [0.25, 0.3) is 0 Å². The van der Waals surface area contributed by atoms with Crippen molar-refractivity contribution in [2.45, 2.75) is 25.8 Å². The first-order chi connectivity index (χ1) is 12.2. The fourth-order valence-corrected chi connectivity index (χ4v) is 3.11. The molecule has 0 saturated carbocycles. The Kier molecular flexibility index (Phi) is 8.15. The first-order valence-corrected chi connectivity index (χ1v) is 9.14. The van der Waals surface area contributed by atoms with E-state index < -0.39 is 0 Å². The molecule has 1 saturated heterocycles.